The van der Waals surface area contributed by atoms with Gasteiger partial charge in [0, 0.05) is 6.92 Å². The van der Waals surface area contributed by atoms with Crippen LogP contribution in [0, 0.1) is 0 Å². The van der Waals surface area contributed by atoms with Crippen molar-refractivity contribution in [1.82, 2.24) is 0 Å². The SMILES string of the molecule is COc1cc(CCC(CCCCc2ccc(O)c(O)c2)OC(C)=O)cc(O)c1O. The average molecular weight is 404 g/mol. The van der Waals surface area contributed by atoms with E-state index in [-0.39, 0.29) is 40.8 Å². The lowest BCUT2D eigenvalue weighted by Gasteiger charge is -2.17. The highest BCUT2D eigenvalue weighted by molar-refractivity contribution is 5.66. The smallest absolute Gasteiger partial charge is 0.302 e. The van der Waals surface area contributed by atoms with Gasteiger partial charge in [-0.15, -0.1) is 0 Å². The van der Waals surface area contributed by atoms with Gasteiger partial charge in [0.25, 0.3) is 0 Å². The number of hydrogen-bond acceptors (Lipinski definition) is 7. The number of hydrogen-bond donors (Lipinski definition) is 4. The summed E-state index contributed by atoms with van der Waals surface area (Å²) >= 11 is 0. The Morgan fingerprint density at radius 3 is 2.28 bits per heavy atom. The van der Waals surface area contributed by atoms with E-state index in [1.54, 1.807) is 18.2 Å². The van der Waals surface area contributed by atoms with Gasteiger partial charge < -0.3 is 29.9 Å². The molecule has 0 bridgehead atoms. The van der Waals surface area contributed by atoms with Gasteiger partial charge in [0.15, 0.2) is 23.0 Å². The summed E-state index contributed by atoms with van der Waals surface area (Å²) in [5.74, 6) is -0.965. The first-order valence-electron chi connectivity index (χ1n) is 9.57. The summed E-state index contributed by atoms with van der Waals surface area (Å²) in [6.07, 6.45) is 3.96. The molecule has 2 aromatic carbocycles. The normalized spacial score (nSPS) is 11.8. The zero-order valence-corrected chi connectivity index (χ0v) is 16.7. The van der Waals surface area contributed by atoms with Crippen LogP contribution in [-0.2, 0) is 22.4 Å². The van der Waals surface area contributed by atoms with Gasteiger partial charge in [0.2, 0.25) is 5.75 Å². The van der Waals surface area contributed by atoms with Gasteiger partial charge in [-0.25, -0.2) is 0 Å². The number of rotatable bonds is 10. The fraction of sp³-hybridized carbons (Fsp3) is 0.409. The molecule has 0 amide bonds. The Labute approximate surface area is 170 Å². The van der Waals surface area contributed by atoms with Crippen LogP contribution in [0.15, 0.2) is 30.3 Å². The number of phenolic OH excluding ortho intramolecular Hbond substituents is 4. The van der Waals surface area contributed by atoms with Crippen molar-refractivity contribution in [3.63, 3.8) is 0 Å². The Bertz CT molecular complexity index is 832. The molecular weight excluding hydrogens is 376 g/mol. The summed E-state index contributed by atoms with van der Waals surface area (Å²) in [4.78, 5) is 11.4. The fourth-order valence-electron chi connectivity index (χ4n) is 3.20. The molecule has 1 atom stereocenters. The van der Waals surface area contributed by atoms with Crippen molar-refractivity contribution in [1.29, 1.82) is 0 Å². The van der Waals surface area contributed by atoms with E-state index in [0.29, 0.717) is 19.3 Å². The van der Waals surface area contributed by atoms with Crippen LogP contribution in [-0.4, -0.2) is 39.6 Å². The number of phenols is 4. The van der Waals surface area contributed by atoms with Crippen molar-refractivity contribution < 1.29 is 34.7 Å². The molecule has 29 heavy (non-hydrogen) atoms. The van der Waals surface area contributed by atoms with Gasteiger partial charge in [0.1, 0.15) is 6.10 Å². The lowest BCUT2D eigenvalue weighted by Crippen LogP contribution is -2.17. The molecule has 0 aliphatic heterocycles. The lowest BCUT2D eigenvalue weighted by atomic mass is 10.00. The highest BCUT2D eigenvalue weighted by atomic mass is 16.5. The van der Waals surface area contributed by atoms with Gasteiger partial charge in [0.05, 0.1) is 7.11 Å². The van der Waals surface area contributed by atoms with Crippen LogP contribution in [0.5, 0.6) is 28.7 Å². The molecule has 0 aliphatic carbocycles. The van der Waals surface area contributed by atoms with Crippen LogP contribution in [0.3, 0.4) is 0 Å². The summed E-state index contributed by atoms with van der Waals surface area (Å²) in [7, 11) is 1.41. The first kappa shape index (κ1) is 22.2. The molecule has 0 aromatic heterocycles. The molecule has 2 aromatic rings. The highest BCUT2D eigenvalue weighted by Gasteiger charge is 2.15. The third kappa shape index (κ3) is 6.78. The zero-order valence-electron chi connectivity index (χ0n) is 16.7. The second-order valence-corrected chi connectivity index (χ2v) is 7.00. The predicted molar refractivity (Wildman–Crippen MR) is 108 cm³/mol. The van der Waals surface area contributed by atoms with E-state index in [0.717, 1.165) is 30.4 Å². The van der Waals surface area contributed by atoms with Crippen molar-refractivity contribution in [2.24, 2.45) is 0 Å². The molecule has 0 heterocycles. The Morgan fingerprint density at radius 2 is 1.62 bits per heavy atom. The topological polar surface area (TPSA) is 116 Å². The Morgan fingerprint density at radius 1 is 0.897 bits per heavy atom. The molecule has 0 saturated heterocycles. The molecule has 4 N–H and O–H groups in total. The van der Waals surface area contributed by atoms with Crippen molar-refractivity contribution in [2.45, 2.75) is 51.6 Å². The summed E-state index contributed by atoms with van der Waals surface area (Å²) in [5.41, 5.74) is 1.70. The maximum Gasteiger partial charge on any atom is 0.302 e. The second kappa shape index (κ2) is 10.5. The molecule has 0 saturated carbocycles. The number of methoxy groups -OCH3 is 1. The first-order chi connectivity index (χ1) is 13.8. The van der Waals surface area contributed by atoms with E-state index in [1.807, 2.05) is 0 Å². The average Bonchev–Trinajstić information content (AvgIpc) is 2.67. The van der Waals surface area contributed by atoms with Gasteiger partial charge in [-0.1, -0.05) is 6.07 Å². The zero-order chi connectivity index (χ0) is 21.4. The van der Waals surface area contributed by atoms with E-state index in [2.05, 4.69) is 0 Å². The minimum absolute atomic E-state index is 0.132. The minimum atomic E-state index is -0.343. The summed E-state index contributed by atoms with van der Waals surface area (Å²) < 4.78 is 10.5. The quantitative estimate of drug-likeness (QED) is 0.270. The third-order valence-electron chi connectivity index (χ3n) is 4.70. The van der Waals surface area contributed by atoms with Crippen LogP contribution >= 0.6 is 0 Å². The maximum atomic E-state index is 11.4. The van der Waals surface area contributed by atoms with E-state index in [9.17, 15) is 25.2 Å². The van der Waals surface area contributed by atoms with E-state index in [4.69, 9.17) is 9.47 Å². The molecular formula is C22H28O7. The number of esters is 1. The van der Waals surface area contributed by atoms with Crippen LogP contribution in [0.1, 0.15) is 43.7 Å². The standard InChI is InChI=1S/C22H28O7/c1-14(23)29-17(6-4-3-5-15-8-10-18(24)19(25)11-15)9-7-16-12-20(26)22(27)21(13-16)28-2/h8,10-13,17,24-27H,3-7,9H2,1-2H3. The number of aryl methyl sites for hydroxylation is 2. The number of unbranched alkanes of at least 4 members (excludes halogenated alkanes) is 1. The first-order valence-corrected chi connectivity index (χ1v) is 9.57. The lowest BCUT2D eigenvalue weighted by molar-refractivity contribution is -0.147. The van der Waals surface area contributed by atoms with Gasteiger partial charge >= 0.3 is 5.97 Å². The predicted octanol–water partition coefficient (Wildman–Crippen LogP) is 3.79. The summed E-state index contributed by atoms with van der Waals surface area (Å²) in [6, 6.07) is 7.90. The van der Waals surface area contributed by atoms with Crippen molar-refractivity contribution in [3.8, 4) is 28.7 Å². The van der Waals surface area contributed by atoms with Crippen molar-refractivity contribution >= 4 is 5.97 Å². The highest BCUT2D eigenvalue weighted by Crippen LogP contribution is 2.36. The number of ether oxygens (including phenoxy) is 2. The van der Waals surface area contributed by atoms with Crippen molar-refractivity contribution in [2.75, 3.05) is 7.11 Å². The molecule has 7 heteroatoms. The van der Waals surface area contributed by atoms with Crippen molar-refractivity contribution in [3.05, 3.63) is 41.5 Å². The van der Waals surface area contributed by atoms with Crippen LogP contribution in [0.2, 0.25) is 0 Å². The maximum absolute atomic E-state index is 11.4. The Hall–Kier alpha value is -3.09. The molecule has 158 valence electrons. The molecule has 0 aliphatic rings. The molecule has 0 spiro atoms. The van der Waals surface area contributed by atoms with E-state index >= 15 is 0 Å². The number of aromatic hydroxyl groups is 4. The third-order valence-corrected chi connectivity index (χ3v) is 4.70. The van der Waals surface area contributed by atoms with Gasteiger partial charge in [-0.2, -0.15) is 0 Å². The molecule has 0 fully saturated rings. The molecule has 1 unspecified atom stereocenters. The number of benzene rings is 2. The molecule has 7 nitrogen and oxygen atoms in total. The fourth-order valence-corrected chi connectivity index (χ4v) is 3.20. The van der Waals surface area contributed by atoms with E-state index < -0.39 is 0 Å². The molecule has 0 radical (unpaired) electrons. The Kier molecular flexibility index (Phi) is 8.00. The minimum Gasteiger partial charge on any atom is -0.504 e. The molecule has 2 rings (SSSR count). The van der Waals surface area contributed by atoms with E-state index in [1.165, 1.54) is 26.2 Å². The Balaban J connectivity index is 1.88. The van der Waals surface area contributed by atoms with Gasteiger partial charge in [-0.3, -0.25) is 4.79 Å². The van der Waals surface area contributed by atoms with Crippen LogP contribution in [0.25, 0.3) is 0 Å². The number of carbonyl (C=O) groups excluding carboxylic acids is 1. The summed E-state index contributed by atoms with van der Waals surface area (Å²) in [6.45, 7) is 1.38. The second-order valence-electron chi connectivity index (χ2n) is 7.00. The van der Waals surface area contributed by atoms with Crippen LogP contribution < -0.4 is 4.74 Å². The van der Waals surface area contributed by atoms with Crippen LogP contribution in [0.4, 0.5) is 0 Å². The van der Waals surface area contributed by atoms with Gasteiger partial charge in [-0.05, 0) is 73.9 Å². The summed E-state index contributed by atoms with van der Waals surface area (Å²) in [5, 5.41) is 38.4. The largest absolute Gasteiger partial charge is 0.504 e. The number of carbonyl (C=O) groups is 1. The monoisotopic (exact) mass is 404 g/mol.